The molecule has 2 aromatic rings. The van der Waals surface area contributed by atoms with Crippen molar-refractivity contribution in [2.45, 2.75) is 71.3 Å². The number of benzene rings is 2. The van der Waals surface area contributed by atoms with Crippen LogP contribution in [0.5, 0.6) is 0 Å². The van der Waals surface area contributed by atoms with Crippen LogP contribution in [0.2, 0.25) is 0 Å². The van der Waals surface area contributed by atoms with Gasteiger partial charge in [0.25, 0.3) is 11.8 Å². The van der Waals surface area contributed by atoms with Crippen LogP contribution in [0.15, 0.2) is 30.3 Å². The lowest BCUT2D eigenvalue weighted by atomic mass is 9.93. The van der Waals surface area contributed by atoms with Crippen LogP contribution in [0, 0.1) is 0 Å². The lowest BCUT2D eigenvalue weighted by Crippen LogP contribution is -2.32. The fourth-order valence-electron chi connectivity index (χ4n) is 5.07. The van der Waals surface area contributed by atoms with Gasteiger partial charge in [0, 0.05) is 62.3 Å². The van der Waals surface area contributed by atoms with Crippen LogP contribution in [0.1, 0.15) is 85.3 Å². The van der Waals surface area contributed by atoms with Crippen LogP contribution in [0.4, 0.5) is 10.5 Å². The molecule has 2 N–H and O–H groups in total. The number of carbonyl (C=O) groups is 5. The number of hydroxylamine groups is 2. The molecule has 1 fully saturated rings. The largest absolute Gasteiger partial charge is 0.534 e. The highest BCUT2D eigenvalue weighted by Gasteiger charge is 2.34. The topological polar surface area (TPSA) is 149 Å². The van der Waals surface area contributed by atoms with Crippen molar-refractivity contribution in [2.75, 3.05) is 25.1 Å². The molecule has 4 rings (SSSR count). The Kier molecular flexibility index (Phi) is 10.8. The summed E-state index contributed by atoms with van der Waals surface area (Å²) < 4.78 is 10.9. The molecule has 11 heteroatoms. The van der Waals surface area contributed by atoms with Gasteiger partial charge in [0.15, 0.2) is 5.78 Å². The number of Topliss-reactive ketones (excluding diaryl/α,β-unsaturated/α-hetero) is 1. The maximum Gasteiger partial charge on any atom is 0.534 e. The number of amides is 3. The van der Waals surface area contributed by atoms with E-state index in [1.54, 1.807) is 6.07 Å². The summed E-state index contributed by atoms with van der Waals surface area (Å²) in [5, 5.41) is 12.2. The number of unbranched alkanes of at least 4 members (excludes halogenated alkanes) is 1. The number of hydrogen-bond acceptors (Lipinski definition) is 9. The molecular formula is C31H36N2O9. The van der Waals surface area contributed by atoms with Crippen LogP contribution in [0.3, 0.4) is 0 Å². The molecular weight excluding hydrogens is 544 g/mol. The fourth-order valence-corrected chi connectivity index (χ4v) is 5.07. The van der Waals surface area contributed by atoms with Crippen molar-refractivity contribution < 1.29 is 43.4 Å². The molecule has 224 valence electrons. The predicted molar refractivity (Wildman–Crippen MR) is 151 cm³/mol. The average molecular weight is 581 g/mol. The smallest absolute Gasteiger partial charge is 0.428 e. The second-order valence-electron chi connectivity index (χ2n) is 10.2. The Morgan fingerprint density at radius 2 is 1.69 bits per heavy atom. The number of hydrogen-bond donors (Lipinski definition) is 2. The third-order valence-electron chi connectivity index (χ3n) is 7.15. The first-order valence-corrected chi connectivity index (χ1v) is 14.3. The van der Waals surface area contributed by atoms with Gasteiger partial charge in [-0.1, -0.05) is 30.2 Å². The molecule has 1 heterocycles. The Labute approximate surface area is 244 Å². The fraction of sp³-hybridized carbons (Fsp3) is 0.452. The van der Waals surface area contributed by atoms with Gasteiger partial charge in [0.2, 0.25) is 5.91 Å². The zero-order chi connectivity index (χ0) is 30.1. The van der Waals surface area contributed by atoms with E-state index < -0.39 is 18.0 Å². The van der Waals surface area contributed by atoms with Crippen LogP contribution in [0.25, 0.3) is 11.1 Å². The van der Waals surface area contributed by atoms with E-state index in [4.69, 9.17) is 19.4 Å². The summed E-state index contributed by atoms with van der Waals surface area (Å²) in [5.74, 6) is -1.45. The Balaban J connectivity index is 1.51. The zero-order valence-corrected chi connectivity index (χ0v) is 23.7. The number of aliphatic hydroxyl groups is 1. The standard InChI is InChI=1S/C31H36N2O9/c1-2-6-28(36)32-21-8-9-22-20(17-21)18-25-23(22)10-11-24(27(35)7-5-16-40-15-4-3-14-34)26(25)19-41-31(39)42-33-29(37)12-13-30(33)38/h8-11,17,34H,2-7,12-16,18-19H2,1H3,(H,32,36). The summed E-state index contributed by atoms with van der Waals surface area (Å²) in [6, 6.07) is 9.24. The second kappa shape index (κ2) is 14.7. The number of aliphatic hydroxyl groups excluding tert-OH is 1. The summed E-state index contributed by atoms with van der Waals surface area (Å²) in [7, 11) is 0. The van der Waals surface area contributed by atoms with Gasteiger partial charge < -0.3 is 19.9 Å². The van der Waals surface area contributed by atoms with Gasteiger partial charge in [0.05, 0.1) is 0 Å². The van der Waals surface area contributed by atoms with Crippen LogP contribution < -0.4 is 5.32 Å². The number of rotatable bonds is 15. The van der Waals surface area contributed by atoms with E-state index in [0.29, 0.717) is 60.8 Å². The van der Waals surface area contributed by atoms with Crippen molar-refractivity contribution in [3.05, 3.63) is 52.6 Å². The van der Waals surface area contributed by atoms with Crippen molar-refractivity contribution in [2.24, 2.45) is 0 Å². The third-order valence-corrected chi connectivity index (χ3v) is 7.15. The summed E-state index contributed by atoms with van der Waals surface area (Å²) in [5.41, 5.74) is 5.20. The normalized spacial score (nSPS) is 13.6. The summed E-state index contributed by atoms with van der Waals surface area (Å²) in [6.07, 6.45) is 2.42. The van der Waals surface area contributed by atoms with Gasteiger partial charge in [-0.25, -0.2) is 4.79 Å². The molecule has 0 saturated carbocycles. The molecule has 2 aliphatic rings. The first-order chi connectivity index (χ1) is 20.3. The maximum absolute atomic E-state index is 13.3. The number of nitrogens with one attached hydrogen (secondary N) is 1. The van der Waals surface area contributed by atoms with E-state index in [1.807, 2.05) is 31.2 Å². The second-order valence-corrected chi connectivity index (χ2v) is 10.2. The zero-order valence-electron chi connectivity index (χ0n) is 23.7. The third kappa shape index (κ3) is 7.59. The van der Waals surface area contributed by atoms with Gasteiger partial charge >= 0.3 is 6.16 Å². The molecule has 42 heavy (non-hydrogen) atoms. The Morgan fingerprint density at radius 3 is 2.43 bits per heavy atom. The van der Waals surface area contributed by atoms with E-state index in [1.165, 1.54) is 0 Å². The first kappa shape index (κ1) is 30.9. The highest BCUT2D eigenvalue weighted by molar-refractivity contribution is 6.01. The number of ether oxygens (including phenoxy) is 2. The summed E-state index contributed by atoms with van der Waals surface area (Å²) >= 11 is 0. The monoisotopic (exact) mass is 580 g/mol. The molecule has 0 spiro atoms. The van der Waals surface area contributed by atoms with E-state index >= 15 is 0 Å². The molecule has 1 aliphatic carbocycles. The van der Waals surface area contributed by atoms with E-state index in [2.05, 4.69) is 5.32 Å². The van der Waals surface area contributed by atoms with E-state index in [0.717, 1.165) is 35.1 Å². The molecule has 0 aromatic heterocycles. The molecule has 0 radical (unpaired) electrons. The molecule has 0 atom stereocenters. The molecule has 11 nitrogen and oxygen atoms in total. The van der Waals surface area contributed by atoms with Gasteiger partial charge in [-0.15, -0.1) is 0 Å². The number of nitrogens with zero attached hydrogens (tertiary/aromatic N) is 1. The number of anilines is 1. The van der Waals surface area contributed by atoms with Gasteiger partial charge in [0.1, 0.15) is 6.61 Å². The van der Waals surface area contributed by atoms with E-state index in [-0.39, 0.29) is 44.2 Å². The van der Waals surface area contributed by atoms with Gasteiger partial charge in [-0.3, -0.25) is 24.0 Å². The van der Waals surface area contributed by atoms with Crippen molar-refractivity contribution in [3.63, 3.8) is 0 Å². The quantitative estimate of drug-likeness (QED) is 0.115. The molecule has 0 unspecified atom stereocenters. The number of carbonyl (C=O) groups excluding carboxylic acids is 5. The number of ketones is 1. The summed E-state index contributed by atoms with van der Waals surface area (Å²) in [6.45, 7) is 2.66. The van der Waals surface area contributed by atoms with Crippen LogP contribution in [-0.2, 0) is 41.7 Å². The van der Waals surface area contributed by atoms with Crippen molar-refractivity contribution in [1.29, 1.82) is 0 Å². The lowest BCUT2D eigenvalue weighted by Gasteiger charge is -2.16. The minimum atomic E-state index is -1.22. The minimum Gasteiger partial charge on any atom is -0.428 e. The van der Waals surface area contributed by atoms with Crippen molar-refractivity contribution in [3.8, 4) is 11.1 Å². The Bertz CT molecular complexity index is 1340. The Morgan fingerprint density at radius 1 is 0.952 bits per heavy atom. The van der Waals surface area contributed by atoms with Crippen LogP contribution in [-0.4, -0.2) is 59.7 Å². The van der Waals surface area contributed by atoms with Gasteiger partial charge in [-0.2, -0.15) is 0 Å². The minimum absolute atomic E-state index is 0.0404. The molecule has 1 aliphatic heterocycles. The van der Waals surface area contributed by atoms with E-state index in [9.17, 15) is 24.0 Å². The number of imide groups is 1. The molecule has 1 saturated heterocycles. The first-order valence-electron chi connectivity index (χ1n) is 14.3. The Hall–Kier alpha value is -4.09. The average Bonchev–Trinajstić information content (AvgIpc) is 3.49. The lowest BCUT2D eigenvalue weighted by molar-refractivity contribution is -0.177. The van der Waals surface area contributed by atoms with Crippen molar-refractivity contribution in [1.82, 2.24) is 5.06 Å². The highest BCUT2D eigenvalue weighted by Crippen LogP contribution is 2.41. The SMILES string of the molecule is CCCC(=O)Nc1ccc2c(c1)Cc1c-2ccc(C(=O)CCCOCCCCO)c1COC(=O)ON1C(=O)CCC1=O. The number of fused-ring (bicyclic) bond motifs is 3. The molecule has 3 amide bonds. The predicted octanol–water partition coefficient (Wildman–Crippen LogP) is 4.47. The maximum atomic E-state index is 13.3. The van der Waals surface area contributed by atoms with Crippen LogP contribution >= 0.6 is 0 Å². The molecule has 0 bridgehead atoms. The molecule has 2 aromatic carbocycles. The summed E-state index contributed by atoms with van der Waals surface area (Å²) in [4.78, 5) is 66.4. The van der Waals surface area contributed by atoms with Gasteiger partial charge in [-0.05, 0) is 66.5 Å². The highest BCUT2D eigenvalue weighted by atomic mass is 16.8. The van der Waals surface area contributed by atoms with Crippen molar-refractivity contribution >= 4 is 35.3 Å².